The maximum atomic E-state index is 11.6. The number of rotatable bonds is 4. The van der Waals surface area contributed by atoms with Crippen molar-refractivity contribution in [1.82, 2.24) is 0 Å². The zero-order chi connectivity index (χ0) is 13.1. The molecule has 0 spiro atoms. The summed E-state index contributed by atoms with van der Waals surface area (Å²) in [4.78, 5) is 11.6. The van der Waals surface area contributed by atoms with E-state index < -0.39 is 0 Å². The van der Waals surface area contributed by atoms with Crippen LogP contribution in [0.1, 0.15) is 18.1 Å². The van der Waals surface area contributed by atoms with Crippen LogP contribution in [0.5, 0.6) is 0 Å². The van der Waals surface area contributed by atoms with E-state index in [-0.39, 0.29) is 11.7 Å². The quantitative estimate of drug-likeness (QED) is 0.733. The first kappa shape index (κ1) is 12.6. The predicted octanol–water partition coefficient (Wildman–Crippen LogP) is 4.08. The summed E-state index contributed by atoms with van der Waals surface area (Å²) in [5.41, 5.74) is 2.51. The molecule has 0 bridgehead atoms. The summed E-state index contributed by atoms with van der Waals surface area (Å²) >= 11 is 0. The van der Waals surface area contributed by atoms with Gasteiger partial charge in [-0.2, -0.15) is 0 Å². The van der Waals surface area contributed by atoms with Gasteiger partial charge in [0.15, 0.2) is 5.78 Å². The zero-order valence-corrected chi connectivity index (χ0v) is 10.9. The van der Waals surface area contributed by atoms with Crippen LogP contribution >= 0.6 is 0 Å². The van der Waals surface area contributed by atoms with Crippen LogP contribution in [0, 0.1) is 12.8 Å². The second-order valence-corrected chi connectivity index (χ2v) is 4.80. The molecular weight excluding hydrogens is 220 g/mol. The summed E-state index contributed by atoms with van der Waals surface area (Å²) in [6.45, 7) is 7.62. The van der Waals surface area contributed by atoms with E-state index in [2.05, 4.69) is 43.8 Å². The number of carbonyl (C=O) groups is 1. The molecule has 1 nitrogen and oxygen atoms in total. The van der Waals surface area contributed by atoms with Crippen LogP contribution in [0.4, 0.5) is 0 Å². The largest absolute Gasteiger partial charge is 0.295 e. The first-order valence-corrected chi connectivity index (χ1v) is 6.27. The van der Waals surface area contributed by atoms with Crippen LogP contribution in [0.2, 0.25) is 0 Å². The molecule has 0 aliphatic carbocycles. The lowest BCUT2D eigenvalue weighted by Crippen LogP contribution is -2.10. The fraction of sp³-hybridized carbons (Fsp3) is 0.235. The average Bonchev–Trinajstić information content (AvgIpc) is 2.41. The summed E-state index contributed by atoms with van der Waals surface area (Å²) in [5, 5.41) is 2.52. The first-order valence-electron chi connectivity index (χ1n) is 6.27. The van der Waals surface area contributed by atoms with Crippen molar-refractivity contribution < 1.29 is 4.79 Å². The van der Waals surface area contributed by atoms with Crippen molar-refractivity contribution in [2.24, 2.45) is 5.92 Å². The molecule has 0 amide bonds. The average molecular weight is 238 g/mol. The smallest absolute Gasteiger partial charge is 0.158 e. The molecule has 0 aliphatic rings. The molecule has 0 saturated carbocycles. The molecule has 0 heterocycles. The minimum absolute atomic E-state index is 0.00591. The van der Waals surface area contributed by atoms with E-state index in [0.29, 0.717) is 0 Å². The highest BCUT2D eigenvalue weighted by Crippen LogP contribution is 2.24. The fourth-order valence-corrected chi connectivity index (χ4v) is 2.32. The van der Waals surface area contributed by atoms with Gasteiger partial charge in [-0.1, -0.05) is 49.9 Å². The Morgan fingerprint density at radius 3 is 2.56 bits per heavy atom. The molecule has 2 aromatic carbocycles. The lowest BCUT2D eigenvalue weighted by Gasteiger charge is -2.12. The second kappa shape index (κ2) is 5.18. The molecule has 0 fully saturated rings. The number of carbonyl (C=O) groups excluding carboxylic acids is 1. The Kier molecular flexibility index (Phi) is 3.61. The van der Waals surface area contributed by atoms with Gasteiger partial charge in [0.25, 0.3) is 0 Å². The highest BCUT2D eigenvalue weighted by Gasteiger charge is 2.12. The van der Waals surface area contributed by atoms with Crippen molar-refractivity contribution >= 4 is 16.6 Å². The van der Waals surface area contributed by atoms with Crippen LogP contribution < -0.4 is 0 Å². The Hall–Kier alpha value is -1.89. The normalized spacial score (nSPS) is 12.3. The summed E-state index contributed by atoms with van der Waals surface area (Å²) < 4.78 is 0. The Morgan fingerprint density at radius 2 is 1.89 bits per heavy atom. The lowest BCUT2D eigenvalue weighted by molar-refractivity contribution is -0.117. The van der Waals surface area contributed by atoms with Crippen molar-refractivity contribution in [3.63, 3.8) is 0 Å². The molecule has 1 atom stereocenters. The standard InChI is InChI=1S/C17H18O/c1-4-17(18)13(3)11-14-10-9-12(2)15-7-5-6-8-16(14)15/h4-10,13H,1,11H2,2-3H3. The van der Waals surface area contributed by atoms with E-state index in [1.54, 1.807) is 0 Å². The third kappa shape index (κ3) is 2.35. The van der Waals surface area contributed by atoms with Gasteiger partial charge in [-0.15, -0.1) is 0 Å². The first-order chi connectivity index (χ1) is 8.63. The number of ketones is 1. The van der Waals surface area contributed by atoms with Gasteiger partial charge in [-0.3, -0.25) is 4.79 Å². The molecule has 92 valence electrons. The minimum Gasteiger partial charge on any atom is -0.295 e. The van der Waals surface area contributed by atoms with Crippen molar-refractivity contribution in [2.75, 3.05) is 0 Å². The summed E-state index contributed by atoms with van der Waals surface area (Å²) in [7, 11) is 0. The number of fused-ring (bicyclic) bond motifs is 1. The van der Waals surface area contributed by atoms with Gasteiger partial charge >= 0.3 is 0 Å². The van der Waals surface area contributed by atoms with Crippen molar-refractivity contribution in [3.8, 4) is 0 Å². The van der Waals surface area contributed by atoms with Crippen LogP contribution in [0.15, 0.2) is 49.1 Å². The molecular formula is C17H18O. The predicted molar refractivity (Wildman–Crippen MR) is 76.8 cm³/mol. The molecule has 0 aliphatic heterocycles. The van der Waals surface area contributed by atoms with E-state index in [4.69, 9.17) is 0 Å². The Balaban J connectivity index is 2.43. The van der Waals surface area contributed by atoms with Crippen molar-refractivity contribution in [2.45, 2.75) is 20.3 Å². The maximum absolute atomic E-state index is 11.6. The third-order valence-corrected chi connectivity index (χ3v) is 3.45. The van der Waals surface area contributed by atoms with Crippen LogP contribution in [-0.4, -0.2) is 5.78 Å². The van der Waals surface area contributed by atoms with E-state index in [0.717, 1.165) is 6.42 Å². The van der Waals surface area contributed by atoms with Gasteiger partial charge in [-0.05, 0) is 41.3 Å². The Labute approximate surface area is 108 Å². The molecule has 1 unspecified atom stereocenters. The molecule has 0 radical (unpaired) electrons. The molecule has 0 N–H and O–H groups in total. The molecule has 2 aromatic rings. The van der Waals surface area contributed by atoms with Crippen LogP contribution in [0.25, 0.3) is 10.8 Å². The monoisotopic (exact) mass is 238 g/mol. The maximum Gasteiger partial charge on any atom is 0.158 e. The molecule has 18 heavy (non-hydrogen) atoms. The molecule has 0 saturated heterocycles. The minimum atomic E-state index is -0.00591. The summed E-state index contributed by atoms with van der Waals surface area (Å²) in [5.74, 6) is 0.105. The van der Waals surface area contributed by atoms with Gasteiger partial charge in [0.2, 0.25) is 0 Å². The van der Waals surface area contributed by atoms with Crippen LogP contribution in [0.3, 0.4) is 0 Å². The Bertz CT molecular complexity index is 596. The van der Waals surface area contributed by atoms with Gasteiger partial charge in [0, 0.05) is 5.92 Å². The van der Waals surface area contributed by atoms with Crippen molar-refractivity contribution in [3.05, 3.63) is 60.2 Å². The van der Waals surface area contributed by atoms with E-state index in [1.807, 2.05) is 13.0 Å². The third-order valence-electron chi connectivity index (χ3n) is 3.45. The van der Waals surface area contributed by atoms with E-state index in [1.165, 1.54) is 28.0 Å². The summed E-state index contributed by atoms with van der Waals surface area (Å²) in [6.07, 6.45) is 2.19. The number of aryl methyl sites for hydroxylation is 1. The molecule has 0 aromatic heterocycles. The SMILES string of the molecule is C=CC(=O)C(C)Cc1ccc(C)c2ccccc12. The van der Waals surface area contributed by atoms with Gasteiger partial charge in [0.1, 0.15) is 0 Å². The van der Waals surface area contributed by atoms with Crippen LogP contribution in [-0.2, 0) is 11.2 Å². The molecule has 2 rings (SSSR count). The number of benzene rings is 2. The lowest BCUT2D eigenvalue weighted by atomic mass is 9.92. The van der Waals surface area contributed by atoms with Gasteiger partial charge in [0.05, 0.1) is 0 Å². The fourth-order valence-electron chi connectivity index (χ4n) is 2.32. The van der Waals surface area contributed by atoms with E-state index in [9.17, 15) is 4.79 Å². The molecule has 1 heteroatoms. The van der Waals surface area contributed by atoms with Crippen molar-refractivity contribution in [1.29, 1.82) is 0 Å². The highest BCUT2D eigenvalue weighted by atomic mass is 16.1. The van der Waals surface area contributed by atoms with Gasteiger partial charge in [-0.25, -0.2) is 0 Å². The zero-order valence-electron chi connectivity index (χ0n) is 10.9. The number of hydrogen-bond donors (Lipinski definition) is 0. The second-order valence-electron chi connectivity index (χ2n) is 4.80. The topological polar surface area (TPSA) is 17.1 Å². The van der Waals surface area contributed by atoms with Gasteiger partial charge < -0.3 is 0 Å². The summed E-state index contributed by atoms with van der Waals surface area (Å²) in [6, 6.07) is 12.6. The number of hydrogen-bond acceptors (Lipinski definition) is 1. The number of allylic oxidation sites excluding steroid dienone is 1. The van der Waals surface area contributed by atoms with E-state index >= 15 is 0 Å². The Morgan fingerprint density at radius 1 is 1.22 bits per heavy atom. The highest BCUT2D eigenvalue weighted by molar-refractivity contribution is 5.92.